The van der Waals surface area contributed by atoms with Gasteiger partial charge in [0.2, 0.25) is 5.91 Å². The molecular formula is C18H25N3O3. The average molecular weight is 331 g/mol. The normalized spacial score (nSPS) is 12.9. The van der Waals surface area contributed by atoms with Crippen molar-refractivity contribution in [1.82, 2.24) is 14.9 Å². The Morgan fingerprint density at radius 1 is 1.25 bits per heavy atom. The number of aryl methyl sites for hydroxylation is 1. The van der Waals surface area contributed by atoms with Crippen LogP contribution >= 0.6 is 0 Å². The van der Waals surface area contributed by atoms with E-state index in [2.05, 4.69) is 10.3 Å². The minimum Gasteiger partial charge on any atom is -0.460 e. The number of hydrogen-bond acceptors (Lipinski definition) is 4. The lowest BCUT2D eigenvalue weighted by Gasteiger charge is -2.19. The highest BCUT2D eigenvalue weighted by atomic mass is 16.6. The molecule has 0 fully saturated rings. The van der Waals surface area contributed by atoms with Crippen molar-refractivity contribution in [2.24, 2.45) is 7.05 Å². The molecule has 0 aliphatic rings. The number of fused-ring (bicyclic) bond motifs is 1. The van der Waals surface area contributed by atoms with Crippen LogP contribution in [-0.4, -0.2) is 27.0 Å². The lowest BCUT2D eigenvalue weighted by Crippen LogP contribution is -2.30. The van der Waals surface area contributed by atoms with Crippen LogP contribution in [0.5, 0.6) is 0 Å². The van der Waals surface area contributed by atoms with Gasteiger partial charge in [-0.3, -0.25) is 9.59 Å². The molecule has 1 atom stereocenters. The summed E-state index contributed by atoms with van der Waals surface area (Å²) in [4.78, 5) is 28.3. The van der Waals surface area contributed by atoms with Crippen LogP contribution in [0.3, 0.4) is 0 Å². The predicted molar refractivity (Wildman–Crippen MR) is 92.4 cm³/mol. The van der Waals surface area contributed by atoms with Gasteiger partial charge in [-0.2, -0.15) is 0 Å². The third kappa shape index (κ3) is 4.57. The topological polar surface area (TPSA) is 73.2 Å². The number of carbonyl (C=O) groups excluding carboxylic acids is 2. The Bertz CT molecular complexity index is 744. The van der Waals surface area contributed by atoms with Crippen LogP contribution in [0.1, 0.15) is 52.4 Å². The summed E-state index contributed by atoms with van der Waals surface area (Å²) in [5.74, 6) is 0.218. The minimum absolute atomic E-state index is 0.0678. The summed E-state index contributed by atoms with van der Waals surface area (Å²) < 4.78 is 7.17. The SMILES string of the molecule is CC(NC(=O)CCC(=O)OC(C)(C)C)c1nc2ccccc2n1C. The molecule has 130 valence electrons. The van der Waals surface area contributed by atoms with E-state index in [0.717, 1.165) is 16.9 Å². The average Bonchev–Trinajstić information content (AvgIpc) is 2.81. The zero-order valence-corrected chi connectivity index (χ0v) is 14.9. The van der Waals surface area contributed by atoms with Crippen molar-refractivity contribution in [1.29, 1.82) is 0 Å². The molecule has 0 aliphatic heterocycles. The number of rotatable bonds is 5. The van der Waals surface area contributed by atoms with Crippen molar-refractivity contribution < 1.29 is 14.3 Å². The Balaban J connectivity index is 1.93. The predicted octanol–water partition coefficient (Wildman–Crippen LogP) is 2.87. The van der Waals surface area contributed by atoms with Gasteiger partial charge in [0.25, 0.3) is 0 Å². The summed E-state index contributed by atoms with van der Waals surface area (Å²) in [6, 6.07) is 7.58. The highest BCUT2D eigenvalue weighted by Crippen LogP contribution is 2.19. The monoisotopic (exact) mass is 331 g/mol. The molecule has 1 heterocycles. The van der Waals surface area contributed by atoms with E-state index < -0.39 is 5.60 Å². The summed E-state index contributed by atoms with van der Waals surface area (Å²) in [5.41, 5.74) is 1.38. The van der Waals surface area contributed by atoms with Crippen molar-refractivity contribution in [3.05, 3.63) is 30.1 Å². The van der Waals surface area contributed by atoms with E-state index >= 15 is 0 Å². The van der Waals surface area contributed by atoms with Gasteiger partial charge in [0.1, 0.15) is 11.4 Å². The van der Waals surface area contributed by atoms with Gasteiger partial charge in [-0.25, -0.2) is 4.98 Å². The number of para-hydroxylation sites is 2. The number of hydrogen-bond donors (Lipinski definition) is 1. The molecule has 1 amide bonds. The standard InChI is InChI=1S/C18H25N3O3/c1-12(17-20-13-8-6-7-9-14(13)21(17)5)19-15(22)10-11-16(23)24-18(2,3)4/h6-9,12H,10-11H2,1-5H3,(H,19,22). The molecular weight excluding hydrogens is 306 g/mol. The van der Waals surface area contributed by atoms with Gasteiger partial charge in [0.05, 0.1) is 23.5 Å². The number of nitrogens with zero attached hydrogens (tertiary/aromatic N) is 2. The van der Waals surface area contributed by atoms with Gasteiger partial charge in [-0.05, 0) is 39.8 Å². The molecule has 1 N–H and O–H groups in total. The van der Waals surface area contributed by atoms with Crippen molar-refractivity contribution >= 4 is 22.9 Å². The first-order valence-electron chi connectivity index (χ1n) is 8.10. The molecule has 0 saturated carbocycles. The molecule has 1 aromatic carbocycles. The first-order chi connectivity index (χ1) is 11.2. The van der Waals surface area contributed by atoms with Gasteiger partial charge in [0, 0.05) is 13.5 Å². The van der Waals surface area contributed by atoms with Gasteiger partial charge in [0.15, 0.2) is 0 Å². The maximum Gasteiger partial charge on any atom is 0.306 e. The van der Waals surface area contributed by atoms with E-state index in [4.69, 9.17) is 4.74 Å². The van der Waals surface area contributed by atoms with E-state index in [9.17, 15) is 9.59 Å². The summed E-state index contributed by atoms with van der Waals surface area (Å²) in [6.07, 6.45) is 0.168. The third-order valence-corrected chi connectivity index (χ3v) is 3.56. The zero-order chi connectivity index (χ0) is 17.9. The number of nitrogens with one attached hydrogen (secondary N) is 1. The van der Waals surface area contributed by atoms with Crippen LogP contribution in [0.25, 0.3) is 11.0 Å². The van der Waals surface area contributed by atoms with E-state index in [1.165, 1.54) is 0 Å². The number of aromatic nitrogens is 2. The fourth-order valence-electron chi connectivity index (χ4n) is 2.54. The number of benzene rings is 1. The van der Waals surface area contributed by atoms with Gasteiger partial charge in [-0.1, -0.05) is 12.1 Å². The molecule has 0 bridgehead atoms. The van der Waals surface area contributed by atoms with Crippen LogP contribution in [-0.2, 0) is 21.4 Å². The summed E-state index contributed by atoms with van der Waals surface area (Å²) in [7, 11) is 1.92. The number of ether oxygens (including phenoxy) is 1. The molecule has 0 spiro atoms. The molecule has 0 saturated heterocycles. The van der Waals surface area contributed by atoms with Crippen LogP contribution in [0.4, 0.5) is 0 Å². The second-order valence-electron chi connectivity index (χ2n) is 6.89. The fourth-order valence-corrected chi connectivity index (χ4v) is 2.54. The summed E-state index contributed by atoms with van der Waals surface area (Å²) >= 11 is 0. The van der Waals surface area contributed by atoms with Gasteiger partial charge >= 0.3 is 5.97 Å². The number of imidazole rings is 1. The Labute approximate surface area is 142 Å². The Morgan fingerprint density at radius 2 is 1.92 bits per heavy atom. The highest BCUT2D eigenvalue weighted by molar-refractivity contribution is 5.82. The molecule has 0 radical (unpaired) electrons. The lowest BCUT2D eigenvalue weighted by atomic mass is 10.2. The van der Waals surface area contributed by atoms with Crippen molar-refractivity contribution in [3.8, 4) is 0 Å². The Hall–Kier alpha value is -2.37. The second-order valence-corrected chi connectivity index (χ2v) is 6.89. The van der Waals surface area contributed by atoms with E-state index in [0.29, 0.717) is 0 Å². The minimum atomic E-state index is -0.534. The van der Waals surface area contributed by atoms with E-state index in [1.807, 2.05) is 42.8 Å². The third-order valence-electron chi connectivity index (χ3n) is 3.56. The molecule has 2 aromatic rings. The maximum atomic E-state index is 12.1. The largest absolute Gasteiger partial charge is 0.460 e. The Kier molecular flexibility index (Phi) is 5.26. The van der Waals surface area contributed by atoms with E-state index in [1.54, 1.807) is 20.8 Å². The van der Waals surface area contributed by atoms with Crippen molar-refractivity contribution in [2.75, 3.05) is 0 Å². The molecule has 1 unspecified atom stereocenters. The number of esters is 1. The first kappa shape index (κ1) is 18.0. The maximum absolute atomic E-state index is 12.1. The molecule has 1 aromatic heterocycles. The fraction of sp³-hybridized carbons (Fsp3) is 0.500. The van der Waals surface area contributed by atoms with Crippen LogP contribution in [0.15, 0.2) is 24.3 Å². The molecule has 6 nitrogen and oxygen atoms in total. The molecule has 24 heavy (non-hydrogen) atoms. The zero-order valence-electron chi connectivity index (χ0n) is 14.9. The van der Waals surface area contributed by atoms with Crippen LogP contribution < -0.4 is 5.32 Å². The highest BCUT2D eigenvalue weighted by Gasteiger charge is 2.19. The Morgan fingerprint density at radius 3 is 2.54 bits per heavy atom. The molecule has 0 aliphatic carbocycles. The molecule has 6 heteroatoms. The number of carbonyl (C=O) groups is 2. The van der Waals surface area contributed by atoms with Crippen molar-refractivity contribution in [2.45, 2.75) is 52.2 Å². The van der Waals surface area contributed by atoms with Crippen LogP contribution in [0, 0.1) is 0 Å². The summed E-state index contributed by atoms with van der Waals surface area (Å²) in [5, 5.41) is 2.89. The first-order valence-corrected chi connectivity index (χ1v) is 8.10. The summed E-state index contributed by atoms with van der Waals surface area (Å²) in [6.45, 7) is 7.29. The van der Waals surface area contributed by atoms with Crippen molar-refractivity contribution in [3.63, 3.8) is 0 Å². The second kappa shape index (κ2) is 7.03. The lowest BCUT2D eigenvalue weighted by molar-refractivity contribution is -0.155. The van der Waals surface area contributed by atoms with E-state index in [-0.39, 0.29) is 30.8 Å². The number of amides is 1. The van der Waals surface area contributed by atoms with Gasteiger partial charge in [-0.15, -0.1) is 0 Å². The van der Waals surface area contributed by atoms with Crippen LogP contribution in [0.2, 0.25) is 0 Å². The van der Waals surface area contributed by atoms with Gasteiger partial charge < -0.3 is 14.6 Å². The smallest absolute Gasteiger partial charge is 0.306 e. The molecule has 2 rings (SSSR count). The quantitative estimate of drug-likeness (QED) is 0.855.